The van der Waals surface area contributed by atoms with Crippen LogP contribution in [0, 0.1) is 18.8 Å². The van der Waals surface area contributed by atoms with Crippen molar-refractivity contribution in [3.05, 3.63) is 76.0 Å². The Kier molecular flexibility index (Phi) is 5.19. The third-order valence-electron chi connectivity index (χ3n) is 6.89. The predicted molar refractivity (Wildman–Crippen MR) is 134 cm³/mol. The van der Waals surface area contributed by atoms with Crippen LogP contribution in [0.4, 0.5) is 0 Å². The Morgan fingerprint density at radius 2 is 2.09 bits per heavy atom. The van der Waals surface area contributed by atoms with Gasteiger partial charge >= 0.3 is 0 Å². The molecule has 6 rings (SSSR count). The van der Waals surface area contributed by atoms with Crippen molar-refractivity contribution >= 4 is 45.7 Å². The van der Waals surface area contributed by atoms with Crippen molar-refractivity contribution in [2.75, 3.05) is 13.1 Å². The van der Waals surface area contributed by atoms with Crippen molar-refractivity contribution in [3.8, 4) is 10.4 Å². The topological polar surface area (TPSA) is 78.1 Å². The number of rotatable bonds is 5. The van der Waals surface area contributed by atoms with Crippen molar-refractivity contribution in [1.29, 1.82) is 0 Å². The number of carbonyl (C=O) groups excluding carboxylic acids is 2. The lowest BCUT2D eigenvalue weighted by molar-refractivity contribution is 0.0690. The van der Waals surface area contributed by atoms with E-state index in [2.05, 4.69) is 15.3 Å². The van der Waals surface area contributed by atoms with Gasteiger partial charge in [-0.05, 0) is 48.9 Å². The summed E-state index contributed by atoms with van der Waals surface area (Å²) in [6.07, 6.45) is 2.85. The van der Waals surface area contributed by atoms with Crippen LogP contribution in [0.1, 0.15) is 32.3 Å². The van der Waals surface area contributed by atoms with Crippen molar-refractivity contribution < 1.29 is 9.59 Å². The zero-order chi connectivity index (χ0) is 23.4. The summed E-state index contributed by atoms with van der Waals surface area (Å²) in [6, 6.07) is 15.2. The second kappa shape index (κ2) is 8.25. The molecule has 1 saturated carbocycles. The highest BCUT2D eigenvalue weighted by molar-refractivity contribution is 7.15. The Balaban J connectivity index is 1.23. The van der Waals surface area contributed by atoms with Crippen LogP contribution < -0.4 is 5.32 Å². The molecule has 3 atom stereocenters. The maximum Gasteiger partial charge on any atom is 0.274 e. The molecule has 0 radical (unpaired) electrons. The summed E-state index contributed by atoms with van der Waals surface area (Å²) in [5.41, 5.74) is 2.92. The number of hydrogen-bond acceptors (Lipinski definition) is 4. The van der Waals surface area contributed by atoms with Gasteiger partial charge < -0.3 is 15.2 Å². The standard InChI is InChI=1S/C26H23ClN4O2S/c1-14-30-23(24(34-14)15-5-4-6-17(27)9-15)26(33)31-13-16-10-19(16)22(31)12-29-25(32)20-11-28-21-8-3-2-7-18(20)21/h2-9,11,16,19,22,28H,10,12-13H2,1H3,(H,29,32)/t16-,19-,22-/m1/s1. The van der Waals surface area contributed by atoms with Gasteiger partial charge in [0.05, 0.1) is 21.5 Å². The maximum absolute atomic E-state index is 13.7. The van der Waals surface area contributed by atoms with E-state index in [4.69, 9.17) is 11.6 Å². The van der Waals surface area contributed by atoms with E-state index in [-0.39, 0.29) is 17.9 Å². The molecule has 4 aromatic rings. The molecule has 6 nitrogen and oxygen atoms in total. The molecule has 2 amide bonds. The molecule has 8 heteroatoms. The van der Waals surface area contributed by atoms with Crippen LogP contribution in [-0.4, -0.2) is 45.8 Å². The Labute approximate surface area is 206 Å². The van der Waals surface area contributed by atoms with E-state index in [9.17, 15) is 9.59 Å². The number of hydrogen-bond donors (Lipinski definition) is 2. The van der Waals surface area contributed by atoms with Crippen LogP contribution in [0.3, 0.4) is 0 Å². The summed E-state index contributed by atoms with van der Waals surface area (Å²) < 4.78 is 0. The Morgan fingerprint density at radius 1 is 1.24 bits per heavy atom. The van der Waals surface area contributed by atoms with Gasteiger partial charge in [-0.25, -0.2) is 4.98 Å². The van der Waals surface area contributed by atoms with Gasteiger partial charge in [0.2, 0.25) is 0 Å². The number of piperidine rings is 1. The molecule has 1 aliphatic heterocycles. The molecule has 1 saturated heterocycles. The molecule has 2 aromatic carbocycles. The van der Waals surface area contributed by atoms with Crippen molar-refractivity contribution in [1.82, 2.24) is 20.2 Å². The number of benzene rings is 2. The number of fused-ring (bicyclic) bond motifs is 2. The largest absolute Gasteiger partial charge is 0.360 e. The van der Waals surface area contributed by atoms with E-state index in [1.54, 1.807) is 6.20 Å². The fourth-order valence-corrected chi connectivity index (χ4v) is 6.25. The van der Waals surface area contributed by atoms with Crippen LogP contribution in [-0.2, 0) is 0 Å². The van der Waals surface area contributed by atoms with Crippen LogP contribution in [0.2, 0.25) is 5.02 Å². The number of para-hydroxylation sites is 1. The molecule has 2 aliphatic rings. The highest BCUT2D eigenvalue weighted by Gasteiger charge is 2.54. The third-order valence-corrected chi connectivity index (χ3v) is 8.15. The number of aromatic nitrogens is 2. The average molecular weight is 491 g/mol. The number of aromatic amines is 1. The number of carbonyl (C=O) groups is 2. The van der Waals surface area contributed by atoms with Gasteiger partial charge in [0.1, 0.15) is 5.69 Å². The quantitative estimate of drug-likeness (QED) is 0.406. The number of nitrogens with zero attached hydrogens (tertiary/aromatic N) is 2. The van der Waals surface area contributed by atoms with Crippen molar-refractivity contribution in [2.45, 2.75) is 19.4 Å². The van der Waals surface area contributed by atoms with Crippen LogP contribution in [0.5, 0.6) is 0 Å². The third kappa shape index (κ3) is 3.69. The first kappa shape index (κ1) is 21.4. The molecule has 34 heavy (non-hydrogen) atoms. The van der Waals surface area contributed by atoms with Crippen LogP contribution >= 0.6 is 22.9 Å². The summed E-state index contributed by atoms with van der Waals surface area (Å²) in [7, 11) is 0. The van der Waals surface area contributed by atoms with E-state index < -0.39 is 0 Å². The predicted octanol–water partition coefficient (Wildman–Crippen LogP) is 5.14. The Morgan fingerprint density at radius 3 is 2.94 bits per heavy atom. The van der Waals surface area contributed by atoms with E-state index in [1.165, 1.54) is 11.3 Å². The Hall–Kier alpha value is -3.16. The first-order valence-corrected chi connectivity index (χ1v) is 12.6. The smallest absolute Gasteiger partial charge is 0.274 e. The number of amides is 2. The molecule has 2 N–H and O–H groups in total. The van der Waals surface area contributed by atoms with E-state index >= 15 is 0 Å². The monoisotopic (exact) mass is 490 g/mol. The normalized spacial score (nSPS) is 21.0. The van der Waals surface area contributed by atoms with Gasteiger partial charge in [0.15, 0.2) is 0 Å². The lowest BCUT2D eigenvalue weighted by atomic mass is 10.1. The van der Waals surface area contributed by atoms with Crippen LogP contribution in [0.15, 0.2) is 54.7 Å². The number of aryl methyl sites for hydroxylation is 1. The second-order valence-electron chi connectivity index (χ2n) is 9.06. The van der Waals surface area contributed by atoms with Gasteiger partial charge in [-0.15, -0.1) is 11.3 Å². The summed E-state index contributed by atoms with van der Waals surface area (Å²) in [6.45, 7) is 3.05. The highest BCUT2D eigenvalue weighted by Crippen LogP contribution is 2.50. The molecule has 2 aromatic heterocycles. The lowest BCUT2D eigenvalue weighted by Crippen LogP contribution is -2.45. The molecular formula is C26H23ClN4O2S. The minimum Gasteiger partial charge on any atom is -0.360 e. The zero-order valence-corrected chi connectivity index (χ0v) is 20.1. The summed E-state index contributed by atoms with van der Waals surface area (Å²) in [5, 5.41) is 5.45. The molecule has 0 bridgehead atoms. The first-order chi connectivity index (χ1) is 16.5. The maximum atomic E-state index is 13.7. The average Bonchev–Trinajstić information content (AvgIpc) is 3.17. The fraction of sp³-hybridized carbons (Fsp3) is 0.269. The molecular weight excluding hydrogens is 468 g/mol. The zero-order valence-electron chi connectivity index (χ0n) is 18.5. The number of nitrogens with one attached hydrogen (secondary N) is 2. The number of H-pyrrole nitrogens is 1. The number of likely N-dealkylation sites (tertiary alicyclic amines) is 1. The summed E-state index contributed by atoms with van der Waals surface area (Å²) >= 11 is 7.71. The SMILES string of the molecule is Cc1nc(C(=O)N2C[C@H]3C[C@H]3[C@H]2CNC(=O)c2c[nH]c3ccccc23)c(-c2cccc(Cl)c2)s1. The van der Waals surface area contributed by atoms with Gasteiger partial charge in [0.25, 0.3) is 11.8 Å². The van der Waals surface area contributed by atoms with E-state index in [0.717, 1.165) is 32.8 Å². The fourth-order valence-electron chi connectivity index (χ4n) is 5.15. The van der Waals surface area contributed by atoms with Gasteiger partial charge in [-0.2, -0.15) is 0 Å². The molecule has 0 unspecified atom stereocenters. The summed E-state index contributed by atoms with van der Waals surface area (Å²) in [4.78, 5) is 37.1. The number of thiazole rings is 1. The van der Waals surface area contributed by atoms with E-state index in [1.807, 2.05) is 60.4 Å². The molecule has 172 valence electrons. The molecule has 2 fully saturated rings. The Bertz CT molecular complexity index is 1430. The van der Waals surface area contributed by atoms with Gasteiger partial charge in [-0.1, -0.05) is 41.9 Å². The second-order valence-corrected chi connectivity index (χ2v) is 10.7. The molecule has 0 spiro atoms. The van der Waals surface area contributed by atoms with Crippen LogP contribution in [0.25, 0.3) is 21.3 Å². The van der Waals surface area contributed by atoms with Gasteiger partial charge in [-0.3, -0.25) is 9.59 Å². The molecule has 3 heterocycles. The minimum atomic E-state index is -0.127. The van der Waals surface area contributed by atoms with E-state index in [0.29, 0.717) is 41.2 Å². The first-order valence-electron chi connectivity index (χ1n) is 11.4. The van der Waals surface area contributed by atoms with Gasteiger partial charge in [0, 0.05) is 35.2 Å². The lowest BCUT2D eigenvalue weighted by Gasteiger charge is -2.27. The highest BCUT2D eigenvalue weighted by atomic mass is 35.5. The van der Waals surface area contributed by atoms with Crippen molar-refractivity contribution in [2.24, 2.45) is 11.8 Å². The minimum absolute atomic E-state index is 0.0270. The van der Waals surface area contributed by atoms with Crippen molar-refractivity contribution in [3.63, 3.8) is 0 Å². The summed E-state index contributed by atoms with van der Waals surface area (Å²) in [5.74, 6) is 0.741. The number of halogens is 1. The molecule has 1 aliphatic carbocycles.